The second kappa shape index (κ2) is 7.81. The average molecular weight is 356 g/mol. The lowest BCUT2D eigenvalue weighted by atomic mass is 10.2. The number of aromatic nitrogens is 1. The van der Waals surface area contributed by atoms with E-state index in [4.69, 9.17) is 4.74 Å². The van der Waals surface area contributed by atoms with Crippen molar-refractivity contribution in [2.45, 2.75) is 6.92 Å². The Kier molecular flexibility index (Phi) is 5.31. The molecule has 1 saturated heterocycles. The van der Waals surface area contributed by atoms with Crippen molar-refractivity contribution < 1.29 is 14.5 Å². The van der Waals surface area contributed by atoms with E-state index >= 15 is 0 Å². The number of nitrogens with zero attached hydrogens (tertiary/aromatic N) is 4. The van der Waals surface area contributed by atoms with Crippen LogP contribution >= 0.6 is 0 Å². The maximum Gasteiger partial charge on any atom is 0.406 e. The van der Waals surface area contributed by atoms with Gasteiger partial charge in [-0.05, 0) is 34.2 Å². The van der Waals surface area contributed by atoms with E-state index in [2.05, 4.69) is 9.88 Å². The third kappa shape index (κ3) is 4.08. The summed E-state index contributed by atoms with van der Waals surface area (Å²) in [4.78, 5) is 30.6. The van der Waals surface area contributed by atoms with Gasteiger partial charge in [-0.3, -0.25) is 4.79 Å². The Balaban J connectivity index is 1.55. The van der Waals surface area contributed by atoms with Gasteiger partial charge in [-0.25, -0.2) is 0 Å². The molecule has 0 atom stereocenters. The van der Waals surface area contributed by atoms with Gasteiger partial charge in [-0.15, -0.1) is 0 Å². The van der Waals surface area contributed by atoms with Gasteiger partial charge in [0.25, 0.3) is 5.91 Å². The molecule has 0 aliphatic carbocycles. The molecule has 1 aliphatic heterocycles. The van der Waals surface area contributed by atoms with Crippen molar-refractivity contribution >= 4 is 17.4 Å². The number of nitro groups is 1. The first-order chi connectivity index (χ1) is 12.5. The number of piperazine rings is 1. The molecule has 26 heavy (non-hydrogen) atoms. The number of carbonyl (C=O) groups is 1. The van der Waals surface area contributed by atoms with Crippen molar-refractivity contribution in [3.8, 4) is 5.75 Å². The lowest BCUT2D eigenvalue weighted by molar-refractivity contribution is -0.390. The first-order valence-corrected chi connectivity index (χ1v) is 8.37. The molecule has 0 radical (unpaired) electrons. The molecule has 8 heteroatoms. The summed E-state index contributed by atoms with van der Waals surface area (Å²) in [7, 11) is 0. The van der Waals surface area contributed by atoms with Crippen molar-refractivity contribution in [1.82, 2.24) is 9.88 Å². The molecular formula is C18H20N4O4. The number of benzene rings is 1. The number of carbonyl (C=O) groups excluding carboxylic acids is 1. The van der Waals surface area contributed by atoms with E-state index in [0.717, 1.165) is 18.8 Å². The molecule has 0 spiro atoms. The quantitative estimate of drug-likeness (QED) is 0.602. The number of hydrogen-bond acceptors (Lipinski definition) is 6. The molecule has 0 N–H and O–H groups in total. The molecule has 1 amide bonds. The standard InChI is InChI=1S/C18H20N4O4/c1-14-7-8-16(18(19-14)22(24)25)26-13-17(23)21-11-9-20(10-12-21)15-5-3-2-4-6-15/h2-8H,9-13H2,1H3. The number of para-hydroxylation sites is 1. The van der Waals surface area contributed by atoms with Crippen LogP contribution in [-0.4, -0.2) is 53.5 Å². The zero-order valence-corrected chi connectivity index (χ0v) is 14.5. The highest BCUT2D eigenvalue weighted by Crippen LogP contribution is 2.24. The number of rotatable bonds is 5. The number of anilines is 1. The highest BCUT2D eigenvalue weighted by molar-refractivity contribution is 5.78. The predicted octanol–water partition coefficient (Wildman–Crippen LogP) is 2.03. The van der Waals surface area contributed by atoms with Crippen molar-refractivity contribution in [1.29, 1.82) is 0 Å². The van der Waals surface area contributed by atoms with Crippen LogP contribution < -0.4 is 9.64 Å². The molecule has 1 fully saturated rings. The molecule has 0 saturated carbocycles. The molecule has 2 heterocycles. The predicted molar refractivity (Wildman–Crippen MR) is 96.4 cm³/mol. The van der Waals surface area contributed by atoms with E-state index in [1.165, 1.54) is 6.07 Å². The summed E-state index contributed by atoms with van der Waals surface area (Å²) in [5, 5.41) is 11.1. The third-order valence-corrected chi connectivity index (χ3v) is 4.26. The van der Waals surface area contributed by atoms with Crippen LogP contribution in [0.15, 0.2) is 42.5 Å². The van der Waals surface area contributed by atoms with Crippen LogP contribution in [0.1, 0.15) is 5.69 Å². The van der Waals surface area contributed by atoms with Gasteiger partial charge < -0.3 is 24.7 Å². The maximum absolute atomic E-state index is 12.4. The molecule has 0 unspecified atom stereocenters. The van der Waals surface area contributed by atoms with E-state index in [9.17, 15) is 14.9 Å². The van der Waals surface area contributed by atoms with E-state index in [1.54, 1.807) is 17.9 Å². The van der Waals surface area contributed by atoms with Gasteiger partial charge >= 0.3 is 5.82 Å². The van der Waals surface area contributed by atoms with Crippen LogP contribution in [0.5, 0.6) is 5.75 Å². The second-order valence-electron chi connectivity index (χ2n) is 6.02. The van der Waals surface area contributed by atoms with Crippen LogP contribution in [0.2, 0.25) is 0 Å². The number of aryl methyl sites for hydroxylation is 1. The van der Waals surface area contributed by atoms with Crippen molar-refractivity contribution in [3.05, 3.63) is 58.3 Å². The van der Waals surface area contributed by atoms with Gasteiger partial charge in [0.05, 0.1) is 0 Å². The lowest BCUT2D eigenvalue weighted by Gasteiger charge is -2.36. The molecule has 1 aliphatic rings. The smallest absolute Gasteiger partial charge is 0.406 e. The number of amides is 1. The summed E-state index contributed by atoms with van der Waals surface area (Å²) in [5.41, 5.74) is 1.66. The molecule has 136 valence electrons. The van der Waals surface area contributed by atoms with Gasteiger partial charge in [0.1, 0.15) is 5.69 Å². The summed E-state index contributed by atoms with van der Waals surface area (Å²) in [6.07, 6.45) is 0. The number of ether oxygens (including phenoxy) is 1. The lowest BCUT2D eigenvalue weighted by Crippen LogP contribution is -2.50. The van der Waals surface area contributed by atoms with Crippen molar-refractivity contribution in [3.63, 3.8) is 0 Å². The van der Waals surface area contributed by atoms with Crippen molar-refractivity contribution in [2.75, 3.05) is 37.7 Å². The zero-order valence-electron chi connectivity index (χ0n) is 14.5. The largest absolute Gasteiger partial charge is 0.476 e. The van der Waals surface area contributed by atoms with Crippen LogP contribution in [0.3, 0.4) is 0 Å². The Labute approximate surface area is 151 Å². The van der Waals surface area contributed by atoms with Gasteiger partial charge in [0.15, 0.2) is 6.61 Å². The zero-order chi connectivity index (χ0) is 18.5. The SMILES string of the molecule is Cc1ccc(OCC(=O)N2CCN(c3ccccc3)CC2)c([N+](=O)[O-])n1. The third-order valence-electron chi connectivity index (χ3n) is 4.26. The Morgan fingerprint density at radius 3 is 2.50 bits per heavy atom. The van der Waals surface area contributed by atoms with E-state index in [0.29, 0.717) is 18.8 Å². The van der Waals surface area contributed by atoms with Crippen molar-refractivity contribution in [2.24, 2.45) is 0 Å². The van der Waals surface area contributed by atoms with Crippen LogP contribution in [0.25, 0.3) is 0 Å². The average Bonchev–Trinajstić information content (AvgIpc) is 2.67. The highest BCUT2D eigenvalue weighted by atomic mass is 16.6. The van der Waals surface area contributed by atoms with Gasteiger partial charge in [0.2, 0.25) is 5.75 Å². The molecule has 8 nitrogen and oxygen atoms in total. The van der Waals surface area contributed by atoms with Gasteiger partial charge in [-0.2, -0.15) is 0 Å². The Morgan fingerprint density at radius 1 is 1.15 bits per heavy atom. The molecule has 2 aromatic rings. The van der Waals surface area contributed by atoms with E-state index in [1.807, 2.05) is 30.3 Å². The summed E-state index contributed by atoms with van der Waals surface area (Å²) < 4.78 is 5.37. The Hall–Kier alpha value is -3.16. The molecule has 1 aromatic heterocycles. The summed E-state index contributed by atoms with van der Waals surface area (Å²) >= 11 is 0. The maximum atomic E-state index is 12.4. The highest BCUT2D eigenvalue weighted by Gasteiger charge is 2.23. The fourth-order valence-electron chi connectivity index (χ4n) is 2.86. The normalized spacial score (nSPS) is 14.2. The number of pyridine rings is 1. The first kappa shape index (κ1) is 17.7. The minimum absolute atomic E-state index is 0.0110. The molecular weight excluding hydrogens is 336 g/mol. The van der Waals surface area contributed by atoms with E-state index < -0.39 is 4.92 Å². The summed E-state index contributed by atoms with van der Waals surface area (Å²) in [6.45, 7) is 4.08. The molecule has 0 bridgehead atoms. The van der Waals surface area contributed by atoms with Gasteiger partial charge in [-0.1, -0.05) is 18.2 Å². The van der Waals surface area contributed by atoms with E-state index in [-0.39, 0.29) is 24.1 Å². The van der Waals surface area contributed by atoms with Gasteiger partial charge in [0, 0.05) is 38.8 Å². The first-order valence-electron chi connectivity index (χ1n) is 8.37. The molecule has 1 aromatic carbocycles. The topological polar surface area (TPSA) is 88.8 Å². The fraction of sp³-hybridized carbons (Fsp3) is 0.333. The molecule has 3 rings (SSSR count). The monoisotopic (exact) mass is 356 g/mol. The Bertz CT molecular complexity index is 789. The summed E-state index contributed by atoms with van der Waals surface area (Å²) in [5.74, 6) is -0.545. The Morgan fingerprint density at radius 2 is 1.85 bits per heavy atom. The van der Waals surface area contributed by atoms with Crippen LogP contribution in [0.4, 0.5) is 11.5 Å². The summed E-state index contributed by atoms with van der Waals surface area (Å²) in [6, 6.07) is 13.1. The minimum atomic E-state index is -0.606. The minimum Gasteiger partial charge on any atom is -0.476 e. The van der Waals surface area contributed by atoms with Crippen LogP contribution in [-0.2, 0) is 4.79 Å². The second-order valence-corrected chi connectivity index (χ2v) is 6.02. The fourth-order valence-corrected chi connectivity index (χ4v) is 2.86. The van der Waals surface area contributed by atoms with Crippen LogP contribution in [0, 0.1) is 17.0 Å². The number of hydrogen-bond donors (Lipinski definition) is 0.